The molecule has 64 valence electrons. The third kappa shape index (κ3) is 8.94. The van der Waals surface area contributed by atoms with E-state index >= 15 is 0 Å². The molecule has 0 N–H and O–H groups in total. The van der Waals surface area contributed by atoms with Crippen molar-refractivity contribution in [2.75, 3.05) is 6.79 Å². The van der Waals surface area contributed by atoms with E-state index in [1.165, 1.54) is 0 Å². The fourth-order valence-electron chi connectivity index (χ4n) is 0.339. The van der Waals surface area contributed by atoms with Crippen LogP contribution in [0.2, 0.25) is 0 Å². The molecule has 0 aromatic carbocycles. The van der Waals surface area contributed by atoms with E-state index in [2.05, 4.69) is 20.0 Å². The van der Waals surface area contributed by atoms with Crippen LogP contribution in [0, 0.1) is 0 Å². The van der Waals surface area contributed by atoms with Crippen molar-refractivity contribution < 1.29 is 9.68 Å². The summed E-state index contributed by atoms with van der Waals surface area (Å²) in [6.45, 7) is 4.03. The fourth-order valence-corrected chi connectivity index (χ4v) is 0.339. The molecule has 0 atom stereocenters. The van der Waals surface area contributed by atoms with E-state index < -0.39 is 0 Å². The van der Waals surface area contributed by atoms with Crippen LogP contribution in [0.4, 0.5) is 0 Å². The predicted molar refractivity (Wildman–Crippen MR) is 44.6 cm³/mol. The molecule has 0 radical (unpaired) electrons. The molecular formula is C7H14N2O2. The van der Waals surface area contributed by atoms with Crippen LogP contribution in [-0.4, -0.2) is 19.2 Å². The van der Waals surface area contributed by atoms with Gasteiger partial charge in [0.2, 0.25) is 0 Å². The standard InChI is InChI=1S/C7H14N2O2/c1-3-5-8-10-7-11-9-6-4-2/h5-6H,3-4,7H2,1-2H3/b8-5+,9-6+. The summed E-state index contributed by atoms with van der Waals surface area (Å²) in [5.74, 6) is 0. The van der Waals surface area contributed by atoms with Gasteiger partial charge >= 0.3 is 0 Å². The first kappa shape index (κ1) is 9.94. The Morgan fingerprint density at radius 1 is 1.00 bits per heavy atom. The number of hydrogen-bond acceptors (Lipinski definition) is 4. The minimum absolute atomic E-state index is 0.0764. The molecule has 0 aromatic heterocycles. The van der Waals surface area contributed by atoms with Crippen molar-refractivity contribution in [2.45, 2.75) is 26.7 Å². The maximum absolute atomic E-state index is 4.65. The summed E-state index contributed by atoms with van der Waals surface area (Å²) in [6, 6.07) is 0. The van der Waals surface area contributed by atoms with Crippen molar-refractivity contribution in [3.63, 3.8) is 0 Å². The normalized spacial score (nSPS) is 11.1. The molecule has 0 saturated carbocycles. The highest BCUT2D eigenvalue weighted by Crippen LogP contribution is 1.80. The second-order valence-corrected chi connectivity index (χ2v) is 1.77. The van der Waals surface area contributed by atoms with Gasteiger partial charge in [-0.1, -0.05) is 24.2 Å². The van der Waals surface area contributed by atoms with Crippen molar-refractivity contribution in [2.24, 2.45) is 10.3 Å². The number of rotatable bonds is 6. The summed E-state index contributed by atoms with van der Waals surface area (Å²) in [5, 5.41) is 7.13. The first-order valence-corrected chi connectivity index (χ1v) is 3.69. The molecular weight excluding hydrogens is 144 g/mol. The summed E-state index contributed by atoms with van der Waals surface area (Å²) in [6.07, 6.45) is 5.04. The Kier molecular flexibility index (Phi) is 8.08. The lowest BCUT2D eigenvalue weighted by Gasteiger charge is -1.94. The Labute approximate surface area is 66.9 Å². The first-order valence-electron chi connectivity index (χ1n) is 3.69. The van der Waals surface area contributed by atoms with Gasteiger partial charge in [0.1, 0.15) is 0 Å². The topological polar surface area (TPSA) is 43.2 Å². The Bertz CT molecular complexity index is 110. The maximum atomic E-state index is 4.65. The average molecular weight is 158 g/mol. The van der Waals surface area contributed by atoms with E-state index in [0.29, 0.717) is 0 Å². The van der Waals surface area contributed by atoms with Crippen molar-refractivity contribution in [3.8, 4) is 0 Å². The lowest BCUT2D eigenvalue weighted by Crippen LogP contribution is -1.89. The van der Waals surface area contributed by atoms with Crippen LogP contribution in [0.25, 0.3) is 0 Å². The van der Waals surface area contributed by atoms with Gasteiger partial charge in [-0.15, -0.1) is 0 Å². The van der Waals surface area contributed by atoms with Crippen molar-refractivity contribution in [1.82, 2.24) is 0 Å². The molecule has 0 aliphatic rings. The Morgan fingerprint density at radius 3 is 1.82 bits per heavy atom. The van der Waals surface area contributed by atoms with Crippen LogP contribution < -0.4 is 0 Å². The van der Waals surface area contributed by atoms with E-state index in [9.17, 15) is 0 Å². The summed E-state index contributed by atoms with van der Waals surface area (Å²) >= 11 is 0. The van der Waals surface area contributed by atoms with Gasteiger partial charge in [0.25, 0.3) is 6.79 Å². The van der Waals surface area contributed by atoms with Gasteiger partial charge in [0.05, 0.1) is 0 Å². The molecule has 0 aliphatic heterocycles. The number of oxime groups is 2. The molecule has 11 heavy (non-hydrogen) atoms. The maximum Gasteiger partial charge on any atom is 0.280 e. The van der Waals surface area contributed by atoms with Gasteiger partial charge in [-0.3, -0.25) is 0 Å². The minimum atomic E-state index is 0.0764. The average Bonchev–Trinajstić information content (AvgIpc) is 2.03. The van der Waals surface area contributed by atoms with Crippen LogP contribution in [-0.2, 0) is 9.68 Å². The number of hydrogen-bond donors (Lipinski definition) is 0. The lowest BCUT2D eigenvalue weighted by molar-refractivity contribution is -0.0497. The minimum Gasteiger partial charge on any atom is -0.352 e. The van der Waals surface area contributed by atoms with E-state index in [-0.39, 0.29) is 6.79 Å². The van der Waals surface area contributed by atoms with Crippen molar-refractivity contribution in [1.29, 1.82) is 0 Å². The molecule has 0 fully saturated rings. The second-order valence-electron chi connectivity index (χ2n) is 1.77. The van der Waals surface area contributed by atoms with Crippen LogP contribution in [0.5, 0.6) is 0 Å². The molecule has 4 heteroatoms. The fraction of sp³-hybridized carbons (Fsp3) is 0.714. The zero-order chi connectivity index (χ0) is 8.36. The van der Waals surface area contributed by atoms with Gasteiger partial charge in [-0.25, -0.2) is 0 Å². The van der Waals surface area contributed by atoms with Crippen LogP contribution in [0.3, 0.4) is 0 Å². The summed E-state index contributed by atoms with van der Waals surface area (Å²) in [7, 11) is 0. The summed E-state index contributed by atoms with van der Waals surface area (Å²) in [5.41, 5.74) is 0. The largest absolute Gasteiger partial charge is 0.352 e. The van der Waals surface area contributed by atoms with Crippen LogP contribution >= 0.6 is 0 Å². The summed E-state index contributed by atoms with van der Waals surface area (Å²) < 4.78 is 0. The molecule has 0 heterocycles. The summed E-state index contributed by atoms with van der Waals surface area (Å²) in [4.78, 5) is 9.31. The highest BCUT2D eigenvalue weighted by molar-refractivity contribution is 5.55. The molecule has 0 aromatic rings. The quantitative estimate of drug-likeness (QED) is 0.256. The Morgan fingerprint density at radius 2 is 1.45 bits per heavy atom. The molecule has 0 saturated heterocycles. The third-order valence-electron chi connectivity index (χ3n) is 0.769. The smallest absolute Gasteiger partial charge is 0.280 e. The SMILES string of the molecule is CC/C=N/OCO/N=C/CC. The zero-order valence-electron chi connectivity index (χ0n) is 6.99. The van der Waals surface area contributed by atoms with Gasteiger partial charge in [-0.05, 0) is 12.8 Å². The van der Waals surface area contributed by atoms with Gasteiger partial charge in [0, 0.05) is 12.4 Å². The monoisotopic (exact) mass is 158 g/mol. The van der Waals surface area contributed by atoms with Gasteiger partial charge in [-0.2, -0.15) is 0 Å². The highest BCUT2D eigenvalue weighted by Gasteiger charge is 1.77. The van der Waals surface area contributed by atoms with Crippen molar-refractivity contribution >= 4 is 12.4 Å². The molecule has 0 amide bonds. The number of nitrogens with zero attached hydrogens (tertiary/aromatic N) is 2. The predicted octanol–water partition coefficient (Wildman–Crippen LogP) is 1.77. The molecule has 4 nitrogen and oxygen atoms in total. The lowest BCUT2D eigenvalue weighted by atomic mass is 10.6. The second kappa shape index (κ2) is 8.94. The molecule has 0 unspecified atom stereocenters. The molecule has 0 rings (SSSR count). The Hall–Kier alpha value is -1.06. The van der Waals surface area contributed by atoms with Crippen LogP contribution in [0.1, 0.15) is 26.7 Å². The van der Waals surface area contributed by atoms with E-state index in [1.54, 1.807) is 12.4 Å². The highest BCUT2D eigenvalue weighted by atomic mass is 16.8. The molecule has 0 spiro atoms. The van der Waals surface area contributed by atoms with Gasteiger partial charge in [0.15, 0.2) is 0 Å². The molecule has 0 bridgehead atoms. The van der Waals surface area contributed by atoms with E-state index in [0.717, 1.165) is 12.8 Å². The van der Waals surface area contributed by atoms with Crippen molar-refractivity contribution in [3.05, 3.63) is 0 Å². The zero-order valence-corrected chi connectivity index (χ0v) is 6.99. The third-order valence-corrected chi connectivity index (χ3v) is 0.769. The van der Waals surface area contributed by atoms with Gasteiger partial charge < -0.3 is 9.68 Å². The Balaban J connectivity index is 3.02. The molecule has 0 aliphatic carbocycles. The van der Waals surface area contributed by atoms with Crippen LogP contribution in [0.15, 0.2) is 10.3 Å². The van der Waals surface area contributed by atoms with E-state index in [4.69, 9.17) is 0 Å². The van der Waals surface area contributed by atoms with E-state index in [1.807, 2.05) is 13.8 Å². The first-order chi connectivity index (χ1) is 5.41.